The highest BCUT2D eigenvalue weighted by molar-refractivity contribution is 6.30. The first-order chi connectivity index (χ1) is 6.79. The van der Waals surface area contributed by atoms with Crippen molar-refractivity contribution in [3.63, 3.8) is 0 Å². The van der Waals surface area contributed by atoms with Gasteiger partial charge in [0.1, 0.15) is 6.33 Å². The minimum absolute atomic E-state index is 0.532. The normalized spacial score (nSPS) is 10.4. The van der Waals surface area contributed by atoms with Crippen LogP contribution in [0.3, 0.4) is 0 Å². The molecule has 0 N–H and O–H groups in total. The van der Waals surface area contributed by atoms with Gasteiger partial charge in [-0.15, -0.1) is 0 Å². The molecular weight excluding hydrogens is 200 g/mol. The van der Waals surface area contributed by atoms with Crippen LogP contribution >= 0.6 is 11.6 Å². The maximum Gasteiger partial charge on any atom is 0.234 e. The van der Waals surface area contributed by atoms with E-state index in [1.807, 2.05) is 6.20 Å². The third kappa shape index (κ3) is 1.75. The monoisotopic (exact) mass is 208 g/mol. The van der Waals surface area contributed by atoms with Gasteiger partial charge in [0.05, 0.1) is 23.1 Å². The molecule has 5 heteroatoms. The van der Waals surface area contributed by atoms with Crippen LogP contribution in [0.5, 0.6) is 0 Å². The fourth-order valence-electron chi connectivity index (χ4n) is 1.09. The lowest BCUT2D eigenvalue weighted by molar-refractivity contribution is 0.924. The molecule has 0 radical (unpaired) electrons. The molecule has 0 amide bonds. The van der Waals surface area contributed by atoms with Gasteiger partial charge in [-0.05, 0) is 6.42 Å². The Morgan fingerprint density at radius 1 is 1.29 bits per heavy atom. The number of imidazole rings is 1. The molecule has 2 aromatic rings. The van der Waals surface area contributed by atoms with E-state index in [0.717, 1.165) is 12.1 Å². The number of nitrogens with zero attached hydrogens (tertiary/aromatic N) is 4. The minimum Gasteiger partial charge on any atom is -0.274 e. The van der Waals surface area contributed by atoms with Crippen LogP contribution in [0.1, 0.15) is 12.6 Å². The van der Waals surface area contributed by atoms with Gasteiger partial charge in [0.15, 0.2) is 0 Å². The lowest BCUT2D eigenvalue weighted by Crippen LogP contribution is -1.96. The molecule has 0 saturated heterocycles. The van der Waals surface area contributed by atoms with Crippen molar-refractivity contribution in [3.05, 3.63) is 35.6 Å². The Labute approximate surface area is 86.6 Å². The molecule has 72 valence electrons. The zero-order chi connectivity index (χ0) is 9.97. The molecule has 0 aliphatic rings. The van der Waals surface area contributed by atoms with Gasteiger partial charge < -0.3 is 0 Å². The van der Waals surface area contributed by atoms with Crippen molar-refractivity contribution in [1.82, 2.24) is 19.5 Å². The van der Waals surface area contributed by atoms with Crippen LogP contribution < -0.4 is 0 Å². The molecular formula is C9H9ClN4. The molecule has 0 aliphatic carbocycles. The SMILES string of the molecule is CCc1cn(-c2ncc(Cl)cn2)cn1. The molecule has 0 unspecified atom stereocenters. The molecule has 0 fully saturated rings. The molecule has 0 spiro atoms. The second kappa shape index (κ2) is 3.75. The molecule has 0 aliphatic heterocycles. The Hall–Kier alpha value is -1.42. The van der Waals surface area contributed by atoms with Gasteiger partial charge in [-0.25, -0.2) is 15.0 Å². The Morgan fingerprint density at radius 3 is 2.57 bits per heavy atom. The standard InChI is InChI=1S/C9H9ClN4/c1-2-8-5-14(6-13-8)9-11-3-7(10)4-12-9/h3-6H,2H2,1H3. The van der Waals surface area contributed by atoms with E-state index in [-0.39, 0.29) is 0 Å². The summed E-state index contributed by atoms with van der Waals surface area (Å²) in [5, 5.41) is 0.532. The third-order valence-corrected chi connectivity index (χ3v) is 2.03. The Balaban J connectivity index is 2.34. The summed E-state index contributed by atoms with van der Waals surface area (Å²) in [7, 11) is 0. The second-order valence-electron chi connectivity index (χ2n) is 2.83. The van der Waals surface area contributed by atoms with Gasteiger partial charge >= 0.3 is 0 Å². The van der Waals surface area contributed by atoms with Gasteiger partial charge in [-0.1, -0.05) is 18.5 Å². The van der Waals surface area contributed by atoms with Crippen LogP contribution in [-0.4, -0.2) is 19.5 Å². The van der Waals surface area contributed by atoms with Crippen molar-refractivity contribution in [3.8, 4) is 5.95 Å². The van der Waals surface area contributed by atoms with Crippen LogP contribution in [0.15, 0.2) is 24.9 Å². The highest BCUT2D eigenvalue weighted by Crippen LogP contribution is 2.07. The van der Waals surface area contributed by atoms with E-state index in [1.54, 1.807) is 23.3 Å². The van der Waals surface area contributed by atoms with Crippen molar-refractivity contribution in [2.24, 2.45) is 0 Å². The van der Waals surface area contributed by atoms with Crippen LogP contribution in [0.25, 0.3) is 5.95 Å². The summed E-state index contributed by atoms with van der Waals surface area (Å²) in [5.41, 5.74) is 1.02. The number of rotatable bonds is 2. The summed E-state index contributed by atoms with van der Waals surface area (Å²) in [5.74, 6) is 0.585. The average molecular weight is 209 g/mol. The number of aryl methyl sites for hydroxylation is 1. The second-order valence-corrected chi connectivity index (χ2v) is 3.26. The van der Waals surface area contributed by atoms with E-state index >= 15 is 0 Å². The van der Waals surface area contributed by atoms with Crippen LogP contribution in [0.4, 0.5) is 0 Å². The largest absolute Gasteiger partial charge is 0.274 e. The maximum atomic E-state index is 5.68. The highest BCUT2D eigenvalue weighted by atomic mass is 35.5. The van der Waals surface area contributed by atoms with E-state index < -0.39 is 0 Å². The lowest BCUT2D eigenvalue weighted by atomic mass is 10.4. The van der Waals surface area contributed by atoms with Crippen molar-refractivity contribution in [2.45, 2.75) is 13.3 Å². The molecule has 0 saturated carbocycles. The number of hydrogen-bond donors (Lipinski definition) is 0. The fraction of sp³-hybridized carbons (Fsp3) is 0.222. The highest BCUT2D eigenvalue weighted by Gasteiger charge is 2.01. The zero-order valence-electron chi connectivity index (χ0n) is 7.68. The molecule has 0 bridgehead atoms. The smallest absolute Gasteiger partial charge is 0.234 e. The van der Waals surface area contributed by atoms with E-state index in [4.69, 9.17) is 11.6 Å². The Bertz CT molecular complexity index is 421. The molecule has 2 rings (SSSR count). The van der Waals surface area contributed by atoms with Crippen molar-refractivity contribution in [1.29, 1.82) is 0 Å². The van der Waals surface area contributed by atoms with E-state index in [1.165, 1.54) is 0 Å². The molecule has 2 heterocycles. The number of halogens is 1. The Morgan fingerprint density at radius 2 is 2.00 bits per heavy atom. The van der Waals surface area contributed by atoms with Gasteiger partial charge in [0.25, 0.3) is 0 Å². The summed E-state index contributed by atoms with van der Waals surface area (Å²) in [6.45, 7) is 2.05. The summed E-state index contributed by atoms with van der Waals surface area (Å²) in [4.78, 5) is 12.3. The average Bonchev–Trinajstić information content (AvgIpc) is 2.67. The molecule has 2 aromatic heterocycles. The predicted molar refractivity (Wildman–Crippen MR) is 53.5 cm³/mol. The van der Waals surface area contributed by atoms with Gasteiger partial charge in [-0.3, -0.25) is 4.57 Å². The van der Waals surface area contributed by atoms with E-state index in [2.05, 4.69) is 21.9 Å². The zero-order valence-corrected chi connectivity index (χ0v) is 8.44. The van der Waals surface area contributed by atoms with Crippen molar-refractivity contribution >= 4 is 11.6 Å². The first-order valence-corrected chi connectivity index (χ1v) is 4.68. The first-order valence-electron chi connectivity index (χ1n) is 4.30. The minimum atomic E-state index is 0.532. The number of aromatic nitrogens is 4. The van der Waals surface area contributed by atoms with Crippen LogP contribution in [0.2, 0.25) is 5.02 Å². The fourth-order valence-corrected chi connectivity index (χ4v) is 1.19. The van der Waals surface area contributed by atoms with Crippen molar-refractivity contribution in [2.75, 3.05) is 0 Å². The molecule has 14 heavy (non-hydrogen) atoms. The lowest BCUT2D eigenvalue weighted by Gasteiger charge is -1.97. The van der Waals surface area contributed by atoms with Crippen LogP contribution in [0, 0.1) is 0 Å². The maximum absolute atomic E-state index is 5.68. The van der Waals surface area contributed by atoms with Gasteiger partial charge in [-0.2, -0.15) is 0 Å². The summed E-state index contributed by atoms with van der Waals surface area (Å²) >= 11 is 5.68. The topological polar surface area (TPSA) is 43.6 Å². The third-order valence-electron chi connectivity index (χ3n) is 1.84. The van der Waals surface area contributed by atoms with Gasteiger partial charge in [0.2, 0.25) is 5.95 Å². The molecule has 4 nitrogen and oxygen atoms in total. The number of hydrogen-bond acceptors (Lipinski definition) is 3. The summed E-state index contributed by atoms with van der Waals surface area (Å²) in [6, 6.07) is 0. The van der Waals surface area contributed by atoms with Crippen molar-refractivity contribution < 1.29 is 0 Å². The van der Waals surface area contributed by atoms with Crippen LogP contribution in [-0.2, 0) is 6.42 Å². The summed E-state index contributed by atoms with van der Waals surface area (Å²) < 4.78 is 1.77. The van der Waals surface area contributed by atoms with E-state index in [0.29, 0.717) is 11.0 Å². The Kier molecular flexibility index (Phi) is 2.45. The van der Waals surface area contributed by atoms with Gasteiger partial charge in [0, 0.05) is 6.20 Å². The molecule has 0 aromatic carbocycles. The van der Waals surface area contributed by atoms with E-state index in [9.17, 15) is 0 Å². The predicted octanol–water partition coefficient (Wildman–Crippen LogP) is 1.88. The summed E-state index contributed by atoms with van der Waals surface area (Å²) in [6.07, 6.45) is 7.64. The first kappa shape index (κ1) is 9.15. The quantitative estimate of drug-likeness (QED) is 0.757. The molecule has 0 atom stereocenters.